The molecule has 0 bridgehead atoms. The summed E-state index contributed by atoms with van der Waals surface area (Å²) in [4.78, 5) is 15.4. The van der Waals surface area contributed by atoms with Gasteiger partial charge >= 0.3 is 5.97 Å². The standard InChI is InChI=1S/C17H15ClN4O3/c1-10-3-6-15-19-13(8-16(23)24)17(22(15)9-10)21-20-11-4-5-14(25-2)12(18)7-11/h3-7,9H,8H2,1-2H3,(H,23,24). The van der Waals surface area contributed by atoms with Crippen LogP contribution in [0.3, 0.4) is 0 Å². The SMILES string of the molecule is COc1ccc(N=Nc2c(CC(=O)O)nc3ccc(C)cn23)cc1Cl. The number of methoxy groups -OCH3 is 1. The highest BCUT2D eigenvalue weighted by Gasteiger charge is 2.15. The number of ether oxygens (including phenoxy) is 1. The van der Waals surface area contributed by atoms with E-state index in [1.54, 1.807) is 22.6 Å². The van der Waals surface area contributed by atoms with E-state index in [0.29, 0.717) is 33.6 Å². The number of halogens is 1. The summed E-state index contributed by atoms with van der Waals surface area (Å²) >= 11 is 6.08. The maximum atomic E-state index is 11.1. The van der Waals surface area contributed by atoms with Gasteiger partial charge in [-0.3, -0.25) is 9.20 Å². The number of nitrogens with zero attached hydrogens (tertiary/aromatic N) is 4. The quantitative estimate of drug-likeness (QED) is 0.687. The van der Waals surface area contributed by atoms with Crippen LogP contribution in [0, 0.1) is 6.92 Å². The average Bonchev–Trinajstić information content (AvgIpc) is 2.88. The number of rotatable bonds is 5. The summed E-state index contributed by atoms with van der Waals surface area (Å²) in [5, 5.41) is 17.9. The molecule has 0 saturated heterocycles. The molecule has 128 valence electrons. The molecule has 0 fully saturated rings. The number of aliphatic carboxylic acids is 1. The van der Waals surface area contributed by atoms with E-state index >= 15 is 0 Å². The van der Waals surface area contributed by atoms with Crippen molar-refractivity contribution in [2.24, 2.45) is 10.2 Å². The molecular formula is C17H15ClN4O3. The lowest BCUT2D eigenvalue weighted by Crippen LogP contribution is -2.00. The number of hydrogen-bond acceptors (Lipinski definition) is 5. The summed E-state index contributed by atoms with van der Waals surface area (Å²) in [7, 11) is 1.53. The van der Waals surface area contributed by atoms with Crippen molar-refractivity contribution < 1.29 is 14.6 Å². The van der Waals surface area contributed by atoms with E-state index in [4.69, 9.17) is 21.4 Å². The van der Waals surface area contributed by atoms with Crippen molar-refractivity contribution >= 4 is 34.7 Å². The summed E-state index contributed by atoms with van der Waals surface area (Å²) in [6.45, 7) is 1.93. The normalized spacial score (nSPS) is 11.3. The molecule has 0 aliphatic heterocycles. The highest BCUT2D eigenvalue weighted by molar-refractivity contribution is 6.32. The number of carboxylic acids is 1. The predicted molar refractivity (Wildman–Crippen MR) is 93.4 cm³/mol. The zero-order chi connectivity index (χ0) is 18.0. The van der Waals surface area contributed by atoms with Gasteiger partial charge in [0, 0.05) is 6.20 Å². The molecule has 3 rings (SSSR count). The zero-order valence-electron chi connectivity index (χ0n) is 13.6. The Balaban J connectivity index is 2.05. The maximum Gasteiger partial charge on any atom is 0.309 e. The monoisotopic (exact) mass is 358 g/mol. The van der Waals surface area contributed by atoms with Crippen molar-refractivity contribution in [3.8, 4) is 5.75 Å². The van der Waals surface area contributed by atoms with Crippen LogP contribution >= 0.6 is 11.6 Å². The van der Waals surface area contributed by atoms with Crippen LogP contribution in [0.15, 0.2) is 46.8 Å². The first-order valence-electron chi connectivity index (χ1n) is 7.42. The minimum atomic E-state index is -0.982. The predicted octanol–water partition coefficient (Wildman–Crippen LogP) is 4.35. The van der Waals surface area contributed by atoms with Crippen molar-refractivity contribution in [3.63, 3.8) is 0 Å². The van der Waals surface area contributed by atoms with Crippen LogP contribution in [0.5, 0.6) is 5.75 Å². The van der Waals surface area contributed by atoms with Crippen LogP contribution in [-0.4, -0.2) is 27.6 Å². The van der Waals surface area contributed by atoms with Crippen LogP contribution in [-0.2, 0) is 11.2 Å². The molecule has 0 radical (unpaired) electrons. The van der Waals surface area contributed by atoms with Gasteiger partial charge in [-0.1, -0.05) is 17.7 Å². The van der Waals surface area contributed by atoms with Gasteiger partial charge in [0.2, 0.25) is 0 Å². The molecule has 0 saturated carbocycles. The third kappa shape index (κ3) is 3.61. The molecule has 0 unspecified atom stereocenters. The Morgan fingerprint density at radius 1 is 1.32 bits per heavy atom. The van der Waals surface area contributed by atoms with Gasteiger partial charge in [0.05, 0.1) is 29.9 Å². The number of carbonyl (C=O) groups is 1. The fourth-order valence-electron chi connectivity index (χ4n) is 2.38. The van der Waals surface area contributed by atoms with Crippen molar-refractivity contribution in [1.29, 1.82) is 0 Å². The van der Waals surface area contributed by atoms with Crippen LogP contribution < -0.4 is 4.74 Å². The van der Waals surface area contributed by atoms with E-state index in [1.165, 1.54) is 7.11 Å². The number of fused-ring (bicyclic) bond motifs is 1. The van der Waals surface area contributed by atoms with Crippen LogP contribution in [0.2, 0.25) is 5.02 Å². The van der Waals surface area contributed by atoms with Crippen molar-refractivity contribution in [2.75, 3.05) is 7.11 Å². The summed E-state index contributed by atoms with van der Waals surface area (Å²) in [5.41, 5.74) is 2.48. The molecule has 1 aromatic carbocycles. The number of hydrogen-bond donors (Lipinski definition) is 1. The topological polar surface area (TPSA) is 88.5 Å². The minimum absolute atomic E-state index is 0.238. The van der Waals surface area contributed by atoms with E-state index in [1.807, 2.05) is 25.3 Å². The number of aryl methyl sites for hydroxylation is 1. The van der Waals surface area contributed by atoms with Crippen LogP contribution in [0.4, 0.5) is 11.5 Å². The van der Waals surface area contributed by atoms with Gasteiger partial charge in [-0.25, -0.2) is 4.98 Å². The molecule has 0 aliphatic rings. The molecule has 2 aromatic heterocycles. The molecule has 0 amide bonds. The molecule has 0 aliphatic carbocycles. The number of benzene rings is 1. The second-order valence-corrected chi connectivity index (χ2v) is 5.81. The molecule has 1 N–H and O–H groups in total. The first kappa shape index (κ1) is 16.9. The first-order valence-corrected chi connectivity index (χ1v) is 7.80. The number of azo groups is 1. The van der Waals surface area contributed by atoms with Gasteiger partial charge in [-0.2, -0.15) is 0 Å². The molecule has 0 spiro atoms. The van der Waals surface area contributed by atoms with Crippen molar-refractivity contribution in [2.45, 2.75) is 13.3 Å². The largest absolute Gasteiger partial charge is 0.495 e. The highest BCUT2D eigenvalue weighted by Crippen LogP contribution is 2.30. The van der Waals surface area contributed by atoms with Gasteiger partial charge in [0.1, 0.15) is 11.4 Å². The van der Waals surface area contributed by atoms with Crippen LogP contribution in [0.25, 0.3) is 5.65 Å². The Morgan fingerprint density at radius 3 is 2.80 bits per heavy atom. The maximum absolute atomic E-state index is 11.1. The van der Waals surface area contributed by atoms with Gasteiger partial charge in [-0.15, -0.1) is 10.2 Å². The first-order chi connectivity index (χ1) is 12.0. The summed E-state index contributed by atoms with van der Waals surface area (Å²) in [6, 6.07) is 8.73. The molecule has 8 heteroatoms. The molecular weight excluding hydrogens is 344 g/mol. The lowest BCUT2D eigenvalue weighted by atomic mass is 10.3. The number of pyridine rings is 1. The van der Waals surface area contributed by atoms with E-state index in [-0.39, 0.29) is 6.42 Å². The van der Waals surface area contributed by atoms with Crippen molar-refractivity contribution in [3.05, 3.63) is 52.8 Å². The van der Waals surface area contributed by atoms with Crippen LogP contribution in [0.1, 0.15) is 11.3 Å². The minimum Gasteiger partial charge on any atom is -0.495 e. The lowest BCUT2D eigenvalue weighted by molar-refractivity contribution is -0.136. The second-order valence-electron chi connectivity index (χ2n) is 5.41. The van der Waals surface area contributed by atoms with E-state index < -0.39 is 5.97 Å². The Labute approximate surface area is 148 Å². The summed E-state index contributed by atoms with van der Waals surface area (Å²) in [6.07, 6.45) is 1.60. The molecule has 0 atom stereocenters. The van der Waals surface area contributed by atoms with E-state index in [0.717, 1.165) is 5.56 Å². The van der Waals surface area contributed by atoms with Crippen molar-refractivity contribution in [1.82, 2.24) is 9.38 Å². The number of carboxylic acid groups (broad SMARTS) is 1. The Bertz CT molecular complexity index is 981. The Kier molecular flexibility index (Phi) is 4.67. The van der Waals surface area contributed by atoms with Gasteiger partial charge in [0.15, 0.2) is 5.82 Å². The zero-order valence-corrected chi connectivity index (χ0v) is 14.4. The smallest absolute Gasteiger partial charge is 0.309 e. The molecule has 7 nitrogen and oxygen atoms in total. The molecule has 25 heavy (non-hydrogen) atoms. The third-order valence-electron chi connectivity index (χ3n) is 3.52. The van der Waals surface area contributed by atoms with E-state index in [9.17, 15) is 4.79 Å². The number of aromatic nitrogens is 2. The Morgan fingerprint density at radius 2 is 2.12 bits per heavy atom. The van der Waals surface area contributed by atoms with Gasteiger partial charge in [0.25, 0.3) is 0 Å². The second kappa shape index (κ2) is 6.90. The van der Waals surface area contributed by atoms with E-state index in [2.05, 4.69) is 15.2 Å². The van der Waals surface area contributed by atoms with Gasteiger partial charge < -0.3 is 9.84 Å². The summed E-state index contributed by atoms with van der Waals surface area (Å²) < 4.78 is 6.82. The third-order valence-corrected chi connectivity index (χ3v) is 3.82. The fourth-order valence-corrected chi connectivity index (χ4v) is 2.63. The molecule has 2 heterocycles. The number of imidazole rings is 1. The fraction of sp³-hybridized carbons (Fsp3) is 0.176. The summed E-state index contributed by atoms with van der Waals surface area (Å²) in [5.74, 6) is -0.0604. The highest BCUT2D eigenvalue weighted by atomic mass is 35.5. The van der Waals surface area contributed by atoms with Gasteiger partial charge in [-0.05, 0) is 36.8 Å². The molecule has 3 aromatic rings. The average molecular weight is 359 g/mol. The Hall–Kier alpha value is -2.93. The lowest BCUT2D eigenvalue weighted by Gasteiger charge is -2.02.